The van der Waals surface area contributed by atoms with Gasteiger partial charge in [0.15, 0.2) is 11.9 Å². The number of aliphatic hydroxyl groups is 5. The van der Waals surface area contributed by atoms with Crippen molar-refractivity contribution in [3.05, 3.63) is 11.8 Å². The lowest BCUT2D eigenvalue weighted by molar-refractivity contribution is -0.352. The molecule has 14 nitrogen and oxygen atoms in total. The van der Waals surface area contributed by atoms with E-state index < -0.39 is 91.2 Å². The van der Waals surface area contributed by atoms with Crippen LogP contribution in [0.5, 0.6) is 0 Å². The number of methoxy groups -OCH3 is 1. The van der Waals surface area contributed by atoms with Crippen molar-refractivity contribution in [1.29, 1.82) is 0 Å². The molecule has 2 fully saturated rings. The van der Waals surface area contributed by atoms with Crippen LogP contribution in [0.2, 0.25) is 0 Å². The lowest BCUT2D eigenvalue weighted by Gasteiger charge is -2.47. The van der Waals surface area contributed by atoms with E-state index >= 15 is 0 Å². The molecule has 35 heavy (non-hydrogen) atoms. The third kappa shape index (κ3) is 4.74. The summed E-state index contributed by atoms with van der Waals surface area (Å²) in [7, 11) is 1.07. The Labute approximate surface area is 199 Å². The molecule has 2 heterocycles. The normalized spacial score (nSPS) is 42.8. The smallest absolute Gasteiger partial charge is 0.339 e. The monoisotopic (exact) mass is 506 g/mol. The molecule has 5 N–H and O–H groups in total. The zero-order valence-electron chi connectivity index (χ0n) is 19.5. The maximum Gasteiger partial charge on any atom is 0.339 e. The maximum absolute atomic E-state index is 12.4. The number of aliphatic hydroxyl groups excluding tert-OH is 4. The maximum atomic E-state index is 12.4. The molecule has 0 aromatic carbocycles. The zero-order chi connectivity index (χ0) is 26.3. The SMILES string of the molecule is COC(=O)C1=CO[C@@H](O[C@@H]2O[C@H](CO)[C@@H](O)[C@H](O)[C@H]2O)[C@@H]2[C@@](C)(OC(C)=O)[C@@H](OC(C)=O)C[C@]12O. The van der Waals surface area contributed by atoms with E-state index in [-0.39, 0.29) is 5.57 Å². The van der Waals surface area contributed by atoms with Crippen molar-refractivity contribution in [2.24, 2.45) is 5.92 Å². The number of hydrogen-bond acceptors (Lipinski definition) is 14. The van der Waals surface area contributed by atoms with E-state index in [4.69, 9.17) is 28.4 Å². The largest absolute Gasteiger partial charge is 0.471 e. The van der Waals surface area contributed by atoms with Crippen molar-refractivity contribution in [1.82, 2.24) is 0 Å². The number of esters is 3. The molecular weight excluding hydrogens is 476 g/mol. The molecule has 1 aliphatic carbocycles. The van der Waals surface area contributed by atoms with E-state index in [2.05, 4.69) is 0 Å². The fourth-order valence-corrected chi connectivity index (χ4v) is 4.93. The number of carbonyl (C=O) groups excluding carboxylic acids is 3. The first-order valence-electron chi connectivity index (χ1n) is 10.8. The summed E-state index contributed by atoms with van der Waals surface area (Å²) in [6.45, 7) is 2.81. The fourth-order valence-electron chi connectivity index (χ4n) is 4.93. The molecule has 2 aliphatic heterocycles. The summed E-state index contributed by atoms with van der Waals surface area (Å²) >= 11 is 0. The third-order valence-electron chi connectivity index (χ3n) is 6.52. The number of rotatable bonds is 6. The molecule has 3 rings (SSSR count). The van der Waals surface area contributed by atoms with Crippen LogP contribution in [0, 0.1) is 5.92 Å². The summed E-state index contributed by atoms with van der Waals surface area (Å²) in [5, 5.41) is 51.6. The first kappa shape index (κ1) is 27.3. The molecule has 10 atom stereocenters. The van der Waals surface area contributed by atoms with Crippen molar-refractivity contribution in [3.63, 3.8) is 0 Å². The third-order valence-corrected chi connectivity index (χ3v) is 6.52. The van der Waals surface area contributed by atoms with Gasteiger partial charge >= 0.3 is 17.9 Å². The topological polar surface area (TPSA) is 208 Å². The zero-order valence-corrected chi connectivity index (χ0v) is 19.5. The van der Waals surface area contributed by atoms with Crippen LogP contribution >= 0.6 is 0 Å². The van der Waals surface area contributed by atoms with Crippen LogP contribution in [0.15, 0.2) is 11.8 Å². The summed E-state index contributed by atoms with van der Waals surface area (Å²) in [5.74, 6) is -3.99. The molecule has 1 saturated carbocycles. The highest BCUT2D eigenvalue weighted by molar-refractivity contribution is 5.91. The second-order valence-electron chi connectivity index (χ2n) is 8.84. The Balaban J connectivity index is 2.05. The highest BCUT2D eigenvalue weighted by Gasteiger charge is 2.71. The molecule has 198 valence electrons. The van der Waals surface area contributed by atoms with Crippen molar-refractivity contribution < 1.29 is 68.3 Å². The lowest BCUT2D eigenvalue weighted by Crippen LogP contribution is -2.63. The average molecular weight is 506 g/mol. The minimum absolute atomic E-state index is 0.369. The first-order valence-corrected chi connectivity index (χ1v) is 10.8. The van der Waals surface area contributed by atoms with Gasteiger partial charge in [0.1, 0.15) is 41.7 Å². The van der Waals surface area contributed by atoms with Crippen LogP contribution in [-0.2, 0) is 42.8 Å². The van der Waals surface area contributed by atoms with Crippen LogP contribution < -0.4 is 0 Å². The number of ether oxygens (including phenoxy) is 6. The molecule has 3 aliphatic rings. The Morgan fingerprint density at radius 3 is 2.29 bits per heavy atom. The van der Waals surface area contributed by atoms with Gasteiger partial charge in [-0.15, -0.1) is 0 Å². The molecule has 0 amide bonds. The van der Waals surface area contributed by atoms with Gasteiger partial charge in [-0.05, 0) is 6.92 Å². The summed E-state index contributed by atoms with van der Waals surface area (Å²) in [4.78, 5) is 36.2. The van der Waals surface area contributed by atoms with E-state index in [9.17, 15) is 39.9 Å². The van der Waals surface area contributed by atoms with Gasteiger partial charge in [-0.25, -0.2) is 4.79 Å². The van der Waals surface area contributed by atoms with Gasteiger partial charge in [-0.3, -0.25) is 9.59 Å². The standard InChI is InChI=1S/C21H30O14/c1-8(23)32-12-5-21(29)10(17(28)30-4)7-31-19(16(21)20(12,3)35-9(2)24)34-18-15(27)14(26)13(25)11(6-22)33-18/h7,11-16,18-19,22,25-27,29H,5-6H2,1-4H3/t11-,12+,13-,14+,15-,16-,18+,19+,20+,21+/m1/s1. The van der Waals surface area contributed by atoms with Gasteiger partial charge in [-0.1, -0.05) is 0 Å². The molecule has 0 spiro atoms. The second kappa shape index (κ2) is 9.97. The summed E-state index contributed by atoms with van der Waals surface area (Å²) in [6, 6.07) is 0. The van der Waals surface area contributed by atoms with Crippen LogP contribution in [0.25, 0.3) is 0 Å². The van der Waals surface area contributed by atoms with Crippen molar-refractivity contribution in [2.45, 2.75) is 81.5 Å². The minimum Gasteiger partial charge on any atom is -0.471 e. The summed E-state index contributed by atoms with van der Waals surface area (Å²) in [6.07, 6.45) is -10.7. The van der Waals surface area contributed by atoms with E-state index in [0.29, 0.717) is 0 Å². The summed E-state index contributed by atoms with van der Waals surface area (Å²) < 4.78 is 32.1. The van der Waals surface area contributed by atoms with E-state index in [0.717, 1.165) is 27.2 Å². The van der Waals surface area contributed by atoms with E-state index in [1.165, 1.54) is 6.92 Å². The average Bonchev–Trinajstić information content (AvgIpc) is 2.99. The van der Waals surface area contributed by atoms with Gasteiger partial charge in [0.25, 0.3) is 0 Å². The highest BCUT2D eigenvalue weighted by Crippen LogP contribution is 2.55. The van der Waals surface area contributed by atoms with Crippen molar-refractivity contribution >= 4 is 17.9 Å². The predicted octanol–water partition coefficient (Wildman–Crippen LogP) is -2.78. The predicted molar refractivity (Wildman–Crippen MR) is 109 cm³/mol. The molecule has 0 bridgehead atoms. The Kier molecular flexibility index (Phi) is 7.76. The van der Waals surface area contributed by atoms with Crippen LogP contribution in [0.3, 0.4) is 0 Å². The van der Waals surface area contributed by atoms with E-state index in [1.807, 2.05) is 0 Å². The van der Waals surface area contributed by atoms with Crippen molar-refractivity contribution in [2.75, 3.05) is 13.7 Å². The summed E-state index contributed by atoms with van der Waals surface area (Å²) in [5.41, 5.74) is -4.36. The quantitative estimate of drug-likeness (QED) is 0.182. The minimum atomic E-state index is -2.17. The Morgan fingerprint density at radius 1 is 1.09 bits per heavy atom. The number of hydrogen-bond donors (Lipinski definition) is 5. The van der Waals surface area contributed by atoms with Gasteiger partial charge in [0, 0.05) is 20.3 Å². The fraction of sp³-hybridized carbons (Fsp3) is 0.762. The first-order chi connectivity index (χ1) is 16.3. The van der Waals surface area contributed by atoms with Gasteiger partial charge in [0.2, 0.25) is 6.29 Å². The molecule has 0 aromatic heterocycles. The molecule has 0 aromatic rings. The Morgan fingerprint density at radius 2 is 1.74 bits per heavy atom. The van der Waals surface area contributed by atoms with Gasteiger partial charge in [0.05, 0.1) is 25.9 Å². The van der Waals surface area contributed by atoms with Gasteiger partial charge < -0.3 is 54.0 Å². The van der Waals surface area contributed by atoms with Crippen LogP contribution in [0.4, 0.5) is 0 Å². The molecule has 0 radical (unpaired) electrons. The van der Waals surface area contributed by atoms with E-state index in [1.54, 1.807) is 0 Å². The lowest BCUT2D eigenvalue weighted by atomic mass is 9.77. The molecule has 0 unspecified atom stereocenters. The second-order valence-corrected chi connectivity index (χ2v) is 8.84. The Bertz CT molecular complexity index is 872. The number of carbonyl (C=O) groups is 3. The molecular formula is C21H30O14. The Hall–Kier alpha value is -2.33. The highest BCUT2D eigenvalue weighted by atomic mass is 16.8. The van der Waals surface area contributed by atoms with Crippen LogP contribution in [0.1, 0.15) is 27.2 Å². The molecule has 14 heteroatoms. The molecule has 1 saturated heterocycles. The van der Waals surface area contributed by atoms with Crippen LogP contribution in [-0.4, -0.2) is 111 Å². The van der Waals surface area contributed by atoms with Crippen molar-refractivity contribution in [3.8, 4) is 0 Å². The number of fused-ring (bicyclic) bond motifs is 1. The van der Waals surface area contributed by atoms with Gasteiger partial charge in [-0.2, -0.15) is 0 Å².